The van der Waals surface area contributed by atoms with Crippen LogP contribution in [0.4, 0.5) is 0 Å². The first-order valence-electron chi connectivity index (χ1n) is 2.40. The van der Waals surface area contributed by atoms with E-state index in [9.17, 15) is 0 Å². The van der Waals surface area contributed by atoms with E-state index < -0.39 is 11.2 Å². The average molecular weight is 102 g/mol. The summed E-state index contributed by atoms with van der Waals surface area (Å²) >= 11 is 0. The van der Waals surface area contributed by atoms with Crippen LogP contribution >= 0.6 is 0 Å². The average Bonchev–Trinajstić information content (AvgIpc) is 1.63. The summed E-state index contributed by atoms with van der Waals surface area (Å²) in [5.74, 6) is 0. The van der Waals surface area contributed by atoms with Crippen LogP contribution in [0.5, 0.6) is 0 Å². The Kier molecular flexibility index (Phi) is 0.621. The van der Waals surface area contributed by atoms with Gasteiger partial charge in [0.05, 0.1) is 11.2 Å². The lowest BCUT2D eigenvalue weighted by Crippen LogP contribution is -2.17. The molecule has 1 aliphatic carbocycles. The van der Waals surface area contributed by atoms with Gasteiger partial charge in [0.15, 0.2) is 0 Å². The van der Waals surface area contributed by atoms with E-state index in [2.05, 4.69) is 0 Å². The summed E-state index contributed by atoms with van der Waals surface area (Å²) in [4.78, 5) is 0. The Morgan fingerprint density at radius 3 is 1.29 bits per heavy atom. The maximum absolute atomic E-state index is 8.91. The molecule has 42 valence electrons. The fraction of sp³-hybridized carbons (Fsp3) is 1.00. The third-order valence-electron chi connectivity index (χ3n) is 1.72. The molecule has 0 aromatic heterocycles. The summed E-state index contributed by atoms with van der Waals surface area (Å²) in [5, 5.41) is 17.8. The van der Waals surface area contributed by atoms with Crippen LogP contribution in [-0.4, -0.2) is 21.4 Å². The predicted octanol–water partition coefficient (Wildman–Crippen LogP) is -0.108. The van der Waals surface area contributed by atoms with Crippen molar-refractivity contribution in [3.05, 3.63) is 0 Å². The Bertz CT molecular complexity index is 82.3. The molecule has 2 N–H and O–H groups in total. The van der Waals surface area contributed by atoms with Crippen molar-refractivity contribution >= 4 is 0 Å². The van der Waals surface area contributed by atoms with Crippen LogP contribution in [0.2, 0.25) is 0 Å². The summed E-state index contributed by atoms with van der Waals surface area (Å²) in [5.41, 5.74) is -1.60. The fourth-order valence-corrected chi connectivity index (χ4v) is 0.626. The van der Waals surface area contributed by atoms with E-state index >= 15 is 0 Å². The number of hydrogen-bond donors (Lipinski definition) is 2. The predicted molar refractivity (Wildman–Crippen MR) is 25.9 cm³/mol. The summed E-state index contributed by atoms with van der Waals surface area (Å²) in [6.07, 6.45) is 0.514. The number of hydrogen-bond acceptors (Lipinski definition) is 2. The highest BCUT2D eigenvalue weighted by Gasteiger charge is 2.59. The summed E-state index contributed by atoms with van der Waals surface area (Å²) in [6, 6.07) is 0. The van der Waals surface area contributed by atoms with E-state index in [1.165, 1.54) is 0 Å². The first kappa shape index (κ1) is 5.06. The largest absolute Gasteiger partial charge is 0.387 e. The smallest absolute Gasteiger partial charge is 0.0932 e. The van der Waals surface area contributed by atoms with Crippen LogP contribution in [-0.2, 0) is 0 Å². The monoisotopic (exact) mass is 102 g/mol. The summed E-state index contributed by atoms with van der Waals surface area (Å²) in [6.45, 7) is 3.26. The minimum atomic E-state index is -0.799. The van der Waals surface area contributed by atoms with Crippen molar-refractivity contribution in [2.45, 2.75) is 31.5 Å². The molecule has 0 amide bonds. The van der Waals surface area contributed by atoms with E-state index in [1.54, 1.807) is 13.8 Å². The highest BCUT2D eigenvalue weighted by molar-refractivity contribution is 5.12. The maximum atomic E-state index is 8.91. The standard InChI is InChI=1S/C5H10O2/c1-4(6)3-5(4,2)7/h6-7H,3H2,1-2H3. The zero-order valence-electron chi connectivity index (χ0n) is 4.60. The van der Waals surface area contributed by atoms with Crippen LogP contribution in [0.25, 0.3) is 0 Å². The van der Waals surface area contributed by atoms with Crippen molar-refractivity contribution in [1.82, 2.24) is 0 Å². The molecule has 2 atom stereocenters. The normalized spacial score (nSPS) is 60.0. The van der Waals surface area contributed by atoms with Gasteiger partial charge in [-0.1, -0.05) is 0 Å². The van der Waals surface area contributed by atoms with E-state index in [1.807, 2.05) is 0 Å². The Labute approximate surface area is 42.8 Å². The van der Waals surface area contributed by atoms with Crippen molar-refractivity contribution < 1.29 is 10.2 Å². The number of aliphatic hydroxyl groups is 2. The molecule has 1 fully saturated rings. The third kappa shape index (κ3) is 0.545. The van der Waals surface area contributed by atoms with Gasteiger partial charge in [-0.2, -0.15) is 0 Å². The molecule has 2 nitrogen and oxygen atoms in total. The van der Waals surface area contributed by atoms with Crippen LogP contribution in [0.15, 0.2) is 0 Å². The zero-order chi connectivity index (χ0) is 5.71. The van der Waals surface area contributed by atoms with E-state index in [-0.39, 0.29) is 0 Å². The lowest BCUT2D eigenvalue weighted by Gasteiger charge is -2.02. The molecule has 2 unspecified atom stereocenters. The SMILES string of the molecule is CC1(O)CC1(C)O. The third-order valence-corrected chi connectivity index (χ3v) is 1.72. The molecule has 1 rings (SSSR count). The highest BCUT2D eigenvalue weighted by Crippen LogP contribution is 2.46. The maximum Gasteiger partial charge on any atom is 0.0932 e. The molecule has 0 bridgehead atoms. The number of rotatable bonds is 0. The Morgan fingerprint density at radius 1 is 1.14 bits per heavy atom. The molecule has 0 saturated heterocycles. The first-order chi connectivity index (χ1) is 2.96. The second-order valence-corrected chi connectivity index (χ2v) is 2.72. The van der Waals surface area contributed by atoms with Crippen molar-refractivity contribution in [3.63, 3.8) is 0 Å². The first-order valence-corrected chi connectivity index (χ1v) is 2.40. The molecule has 1 aliphatic rings. The van der Waals surface area contributed by atoms with Crippen LogP contribution < -0.4 is 0 Å². The lowest BCUT2D eigenvalue weighted by atomic mass is 10.3. The summed E-state index contributed by atoms with van der Waals surface area (Å²) in [7, 11) is 0. The minimum Gasteiger partial charge on any atom is -0.387 e. The molecule has 0 radical (unpaired) electrons. The van der Waals surface area contributed by atoms with Gasteiger partial charge in [-0.15, -0.1) is 0 Å². The molecule has 0 aromatic rings. The minimum absolute atomic E-state index is 0.514. The molecule has 0 aromatic carbocycles. The van der Waals surface area contributed by atoms with E-state index in [0.29, 0.717) is 6.42 Å². The molecular formula is C5H10O2. The van der Waals surface area contributed by atoms with Gasteiger partial charge in [0, 0.05) is 6.42 Å². The molecule has 2 heteroatoms. The van der Waals surface area contributed by atoms with E-state index in [0.717, 1.165) is 0 Å². The molecule has 0 aliphatic heterocycles. The lowest BCUT2D eigenvalue weighted by molar-refractivity contribution is 0.0438. The Morgan fingerprint density at radius 2 is 1.29 bits per heavy atom. The molecule has 1 saturated carbocycles. The van der Waals surface area contributed by atoms with Gasteiger partial charge in [-0.3, -0.25) is 0 Å². The molecule has 7 heavy (non-hydrogen) atoms. The van der Waals surface area contributed by atoms with E-state index in [4.69, 9.17) is 10.2 Å². The molecular weight excluding hydrogens is 92.1 g/mol. The van der Waals surface area contributed by atoms with Crippen molar-refractivity contribution in [2.75, 3.05) is 0 Å². The van der Waals surface area contributed by atoms with Gasteiger partial charge in [0.25, 0.3) is 0 Å². The zero-order valence-corrected chi connectivity index (χ0v) is 4.60. The quantitative estimate of drug-likeness (QED) is 0.448. The van der Waals surface area contributed by atoms with Crippen molar-refractivity contribution in [2.24, 2.45) is 0 Å². The van der Waals surface area contributed by atoms with Gasteiger partial charge >= 0.3 is 0 Å². The molecule has 0 heterocycles. The van der Waals surface area contributed by atoms with Gasteiger partial charge in [-0.05, 0) is 13.8 Å². The second kappa shape index (κ2) is 0.858. The summed E-state index contributed by atoms with van der Waals surface area (Å²) < 4.78 is 0. The van der Waals surface area contributed by atoms with Crippen molar-refractivity contribution in [1.29, 1.82) is 0 Å². The molecule has 0 spiro atoms. The van der Waals surface area contributed by atoms with Gasteiger partial charge in [0.2, 0.25) is 0 Å². The van der Waals surface area contributed by atoms with Crippen LogP contribution in [0, 0.1) is 0 Å². The van der Waals surface area contributed by atoms with Gasteiger partial charge < -0.3 is 10.2 Å². The topological polar surface area (TPSA) is 40.5 Å². The Balaban J connectivity index is 2.59. The van der Waals surface area contributed by atoms with Crippen molar-refractivity contribution in [3.8, 4) is 0 Å². The van der Waals surface area contributed by atoms with Gasteiger partial charge in [0.1, 0.15) is 0 Å². The van der Waals surface area contributed by atoms with Gasteiger partial charge in [-0.25, -0.2) is 0 Å². The second-order valence-electron chi connectivity index (χ2n) is 2.72. The Hall–Kier alpha value is -0.0800. The highest BCUT2D eigenvalue weighted by atomic mass is 16.4. The van der Waals surface area contributed by atoms with Crippen LogP contribution in [0.1, 0.15) is 20.3 Å². The fourth-order valence-electron chi connectivity index (χ4n) is 0.626. The van der Waals surface area contributed by atoms with Crippen LogP contribution in [0.3, 0.4) is 0 Å².